The molecular weight excluding hydrogens is 383 g/mol. The summed E-state index contributed by atoms with van der Waals surface area (Å²) in [7, 11) is 0. The maximum atomic E-state index is 13.0. The van der Waals surface area contributed by atoms with Crippen molar-refractivity contribution in [1.82, 2.24) is 14.9 Å². The molecule has 0 unspecified atom stereocenters. The molecule has 2 aromatic heterocycles. The van der Waals surface area contributed by atoms with E-state index in [2.05, 4.69) is 9.97 Å². The summed E-state index contributed by atoms with van der Waals surface area (Å²) in [5, 5.41) is 0. The van der Waals surface area contributed by atoms with Crippen LogP contribution in [0.5, 0.6) is 5.75 Å². The monoisotopic (exact) mass is 406 g/mol. The largest absolute Gasteiger partial charge is 0.415 e. The van der Waals surface area contributed by atoms with Crippen molar-refractivity contribution in [3.8, 4) is 5.75 Å². The zero-order chi connectivity index (χ0) is 20.9. The molecule has 0 radical (unpaired) electrons. The number of pyridine rings is 2. The van der Waals surface area contributed by atoms with Gasteiger partial charge < -0.3 is 14.5 Å². The molecule has 3 heterocycles. The summed E-state index contributed by atoms with van der Waals surface area (Å²) in [6, 6.07) is 14.5. The van der Waals surface area contributed by atoms with Crippen LogP contribution >= 0.6 is 0 Å². The van der Waals surface area contributed by atoms with Crippen LogP contribution in [-0.2, 0) is 6.42 Å². The van der Waals surface area contributed by atoms with E-state index in [0.717, 1.165) is 23.2 Å². The number of carbonyl (C=O) groups is 1. The Morgan fingerprint density at radius 3 is 2.47 bits per heavy atom. The highest BCUT2D eigenvalue weighted by Crippen LogP contribution is 2.18. The second-order valence-electron chi connectivity index (χ2n) is 7.26. The predicted octanol–water partition coefficient (Wildman–Crippen LogP) is 3.84. The van der Waals surface area contributed by atoms with E-state index in [0.29, 0.717) is 37.7 Å². The molecule has 1 fully saturated rings. The molecule has 1 saturated heterocycles. The summed E-state index contributed by atoms with van der Waals surface area (Å²) in [5.41, 5.74) is 3.30. The number of rotatable bonds is 4. The van der Waals surface area contributed by atoms with Crippen LogP contribution in [0.3, 0.4) is 0 Å². The van der Waals surface area contributed by atoms with Crippen molar-refractivity contribution in [3.05, 3.63) is 83.6 Å². The van der Waals surface area contributed by atoms with Gasteiger partial charge in [0.15, 0.2) is 0 Å². The fourth-order valence-electron chi connectivity index (χ4n) is 3.41. The van der Waals surface area contributed by atoms with Crippen LogP contribution in [0, 0.1) is 12.7 Å². The third kappa shape index (κ3) is 4.74. The molecule has 1 amide bonds. The van der Waals surface area contributed by atoms with Gasteiger partial charge in [-0.3, -0.25) is 4.98 Å². The Morgan fingerprint density at radius 1 is 1.03 bits per heavy atom. The minimum Gasteiger partial charge on any atom is -0.410 e. The van der Waals surface area contributed by atoms with Gasteiger partial charge in [-0.15, -0.1) is 0 Å². The van der Waals surface area contributed by atoms with Gasteiger partial charge >= 0.3 is 6.09 Å². The zero-order valence-corrected chi connectivity index (χ0v) is 16.8. The summed E-state index contributed by atoms with van der Waals surface area (Å²) >= 11 is 0. The average Bonchev–Trinajstić information content (AvgIpc) is 2.77. The van der Waals surface area contributed by atoms with E-state index in [9.17, 15) is 9.18 Å². The molecule has 30 heavy (non-hydrogen) atoms. The number of ether oxygens (including phenoxy) is 1. The second-order valence-corrected chi connectivity index (χ2v) is 7.26. The number of hydrogen-bond acceptors (Lipinski definition) is 5. The minimum absolute atomic E-state index is 0.359. The molecule has 7 heteroatoms. The summed E-state index contributed by atoms with van der Waals surface area (Å²) < 4.78 is 18.6. The van der Waals surface area contributed by atoms with Crippen molar-refractivity contribution >= 4 is 11.9 Å². The average molecular weight is 406 g/mol. The van der Waals surface area contributed by atoms with Crippen molar-refractivity contribution in [1.29, 1.82) is 0 Å². The predicted molar refractivity (Wildman–Crippen MR) is 112 cm³/mol. The summed E-state index contributed by atoms with van der Waals surface area (Å²) in [4.78, 5) is 24.7. The van der Waals surface area contributed by atoms with Crippen molar-refractivity contribution in [2.24, 2.45) is 0 Å². The number of benzene rings is 1. The van der Waals surface area contributed by atoms with Gasteiger partial charge in [0.05, 0.1) is 6.20 Å². The number of aromatic nitrogens is 2. The molecule has 3 aromatic rings. The Hall–Kier alpha value is -3.48. The summed E-state index contributed by atoms with van der Waals surface area (Å²) in [6.45, 7) is 4.33. The number of hydrogen-bond donors (Lipinski definition) is 0. The van der Waals surface area contributed by atoms with Gasteiger partial charge in [-0.25, -0.2) is 14.2 Å². The van der Waals surface area contributed by atoms with E-state index < -0.39 is 0 Å². The Labute approximate surface area is 174 Å². The molecule has 0 N–H and O–H groups in total. The van der Waals surface area contributed by atoms with Crippen LogP contribution in [0.1, 0.15) is 16.8 Å². The number of halogens is 1. The van der Waals surface area contributed by atoms with Crippen molar-refractivity contribution in [2.75, 3.05) is 31.1 Å². The van der Waals surface area contributed by atoms with Crippen molar-refractivity contribution in [3.63, 3.8) is 0 Å². The standard InChI is InChI=1S/C23H23FN4O2/c1-17-3-2-10-25-21(17)15-18-4-7-20(8-5-18)30-23(29)28-13-11-27(12-14-28)22-9-6-19(24)16-26-22/h2-10,16H,11-15H2,1H3. The van der Waals surface area contributed by atoms with Crippen molar-refractivity contribution < 1.29 is 13.9 Å². The van der Waals surface area contributed by atoms with Crippen LogP contribution in [0.2, 0.25) is 0 Å². The topological polar surface area (TPSA) is 58.6 Å². The smallest absolute Gasteiger partial charge is 0.410 e. The van der Waals surface area contributed by atoms with Gasteiger partial charge in [-0.05, 0) is 48.4 Å². The number of amides is 1. The maximum Gasteiger partial charge on any atom is 0.415 e. The van der Waals surface area contributed by atoms with E-state index >= 15 is 0 Å². The lowest BCUT2D eigenvalue weighted by atomic mass is 10.1. The molecule has 1 aliphatic rings. The molecule has 0 aliphatic carbocycles. The first-order chi connectivity index (χ1) is 14.6. The van der Waals surface area contributed by atoms with Crippen LogP contribution in [0.25, 0.3) is 0 Å². The number of aryl methyl sites for hydroxylation is 1. The highest BCUT2D eigenvalue weighted by atomic mass is 19.1. The van der Waals surface area contributed by atoms with Gasteiger partial charge in [0, 0.05) is 44.5 Å². The van der Waals surface area contributed by atoms with Crippen LogP contribution in [0.4, 0.5) is 15.0 Å². The van der Waals surface area contributed by atoms with Crippen LogP contribution < -0.4 is 9.64 Å². The zero-order valence-electron chi connectivity index (χ0n) is 16.8. The molecule has 1 aliphatic heterocycles. The lowest BCUT2D eigenvalue weighted by Gasteiger charge is -2.34. The number of anilines is 1. The fourth-order valence-corrected chi connectivity index (χ4v) is 3.41. The molecule has 0 bridgehead atoms. The Kier molecular flexibility index (Phi) is 5.88. The SMILES string of the molecule is Cc1cccnc1Cc1ccc(OC(=O)N2CCN(c3ccc(F)cn3)CC2)cc1. The summed E-state index contributed by atoms with van der Waals surface area (Å²) in [6.07, 6.45) is 3.37. The Balaban J connectivity index is 1.30. The van der Waals surface area contributed by atoms with Gasteiger partial charge in [0.1, 0.15) is 17.4 Å². The van der Waals surface area contributed by atoms with Gasteiger partial charge in [-0.2, -0.15) is 0 Å². The highest BCUT2D eigenvalue weighted by molar-refractivity contribution is 5.71. The molecule has 0 saturated carbocycles. The quantitative estimate of drug-likeness (QED) is 0.659. The van der Waals surface area contributed by atoms with Crippen molar-refractivity contribution in [2.45, 2.75) is 13.3 Å². The fraction of sp³-hybridized carbons (Fsp3) is 0.261. The number of nitrogens with zero attached hydrogens (tertiary/aromatic N) is 4. The van der Waals surface area contributed by atoms with E-state index in [1.807, 2.05) is 48.2 Å². The van der Waals surface area contributed by atoms with Gasteiger partial charge in [-0.1, -0.05) is 18.2 Å². The molecule has 4 rings (SSSR count). The molecule has 0 spiro atoms. The van der Waals surface area contributed by atoms with E-state index in [4.69, 9.17) is 4.74 Å². The number of piperazine rings is 1. The molecular formula is C23H23FN4O2. The van der Waals surface area contributed by atoms with Crippen LogP contribution in [0.15, 0.2) is 60.9 Å². The second kappa shape index (κ2) is 8.90. The van der Waals surface area contributed by atoms with Gasteiger partial charge in [0.25, 0.3) is 0 Å². The first kappa shape index (κ1) is 19.8. The number of carbonyl (C=O) groups excluding carboxylic acids is 1. The maximum absolute atomic E-state index is 13.0. The van der Waals surface area contributed by atoms with Gasteiger partial charge in [0.2, 0.25) is 0 Å². The first-order valence-corrected chi connectivity index (χ1v) is 9.91. The molecule has 0 atom stereocenters. The highest BCUT2D eigenvalue weighted by Gasteiger charge is 2.23. The third-order valence-corrected chi connectivity index (χ3v) is 5.19. The van der Waals surface area contributed by atoms with Crippen LogP contribution in [-0.4, -0.2) is 47.1 Å². The van der Waals surface area contributed by atoms with E-state index in [1.165, 1.54) is 12.3 Å². The Bertz CT molecular complexity index is 1000. The third-order valence-electron chi connectivity index (χ3n) is 5.19. The molecule has 154 valence electrons. The lowest BCUT2D eigenvalue weighted by molar-refractivity contribution is 0.149. The molecule has 1 aromatic carbocycles. The molecule has 6 nitrogen and oxygen atoms in total. The summed E-state index contributed by atoms with van der Waals surface area (Å²) in [5.74, 6) is 0.870. The minimum atomic E-state index is -0.366. The van der Waals surface area contributed by atoms with E-state index in [1.54, 1.807) is 17.2 Å². The first-order valence-electron chi connectivity index (χ1n) is 9.91. The van der Waals surface area contributed by atoms with E-state index in [-0.39, 0.29) is 11.9 Å². The normalized spacial score (nSPS) is 13.9. The lowest BCUT2D eigenvalue weighted by Crippen LogP contribution is -2.49. The Morgan fingerprint density at radius 2 is 1.80 bits per heavy atom.